The van der Waals surface area contributed by atoms with Gasteiger partial charge in [0.25, 0.3) is 0 Å². The highest BCUT2D eigenvalue weighted by Gasteiger charge is 2.15. The predicted octanol–water partition coefficient (Wildman–Crippen LogP) is 4.09. The highest BCUT2D eigenvalue weighted by molar-refractivity contribution is 9.10. The van der Waals surface area contributed by atoms with Crippen molar-refractivity contribution in [3.8, 4) is 0 Å². The zero-order valence-corrected chi connectivity index (χ0v) is 13.8. The third-order valence-corrected chi connectivity index (χ3v) is 4.19. The Morgan fingerprint density at radius 1 is 1.19 bits per heavy atom. The summed E-state index contributed by atoms with van der Waals surface area (Å²) >= 11 is 3.49. The van der Waals surface area contributed by atoms with Gasteiger partial charge in [0.05, 0.1) is 12.6 Å². The van der Waals surface area contributed by atoms with E-state index in [0.29, 0.717) is 6.61 Å². The third-order valence-electron chi connectivity index (χ3n) is 3.47. The molecule has 0 amide bonds. The monoisotopic (exact) mass is 351 g/mol. The van der Waals surface area contributed by atoms with E-state index < -0.39 is 0 Å². The number of methoxy groups -OCH3 is 1. The van der Waals surface area contributed by atoms with E-state index in [1.54, 1.807) is 19.2 Å². The molecule has 2 rings (SSSR count). The minimum absolute atomic E-state index is 0.0495. The lowest BCUT2D eigenvalue weighted by atomic mass is 9.97. The number of nitrogens with one attached hydrogen (secondary N) is 1. The second-order valence-corrected chi connectivity index (χ2v) is 5.73. The quantitative estimate of drug-likeness (QED) is 0.846. The molecule has 0 spiro atoms. The fourth-order valence-electron chi connectivity index (χ4n) is 2.33. The molecule has 0 bridgehead atoms. The lowest BCUT2D eigenvalue weighted by molar-refractivity contribution is 0.202. The average Bonchev–Trinajstić information content (AvgIpc) is 2.50. The molecule has 21 heavy (non-hydrogen) atoms. The maximum Gasteiger partial charge on any atom is 0.123 e. The van der Waals surface area contributed by atoms with E-state index in [9.17, 15) is 4.39 Å². The van der Waals surface area contributed by atoms with Crippen molar-refractivity contribution in [1.82, 2.24) is 5.32 Å². The van der Waals surface area contributed by atoms with E-state index in [-0.39, 0.29) is 11.9 Å². The Balaban J connectivity index is 2.26. The van der Waals surface area contributed by atoms with Gasteiger partial charge in [-0.15, -0.1) is 0 Å². The predicted molar refractivity (Wildman–Crippen MR) is 87.0 cm³/mol. The first-order valence-corrected chi connectivity index (χ1v) is 7.65. The maximum atomic E-state index is 13.5. The van der Waals surface area contributed by atoms with E-state index in [2.05, 4.69) is 45.5 Å². The fourth-order valence-corrected chi connectivity index (χ4v) is 2.81. The summed E-state index contributed by atoms with van der Waals surface area (Å²) in [6.45, 7) is 0.713. The standard InChI is InChI=1S/C17H19BrFNO/c1-20-17(15-11-14(19)7-8-16(15)18)13-5-3-12(4-6-13)9-10-21-2/h3-8,11,17,20H,9-10H2,1-2H3. The normalized spacial score (nSPS) is 12.4. The molecular weight excluding hydrogens is 333 g/mol. The van der Waals surface area contributed by atoms with Crippen LogP contribution in [0.4, 0.5) is 4.39 Å². The molecule has 0 fully saturated rings. The van der Waals surface area contributed by atoms with Crippen LogP contribution in [-0.2, 0) is 11.2 Å². The zero-order chi connectivity index (χ0) is 15.2. The van der Waals surface area contributed by atoms with E-state index in [4.69, 9.17) is 4.74 Å². The van der Waals surface area contributed by atoms with E-state index in [1.807, 2.05) is 7.05 Å². The van der Waals surface area contributed by atoms with Gasteiger partial charge >= 0.3 is 0 Å². The van der Waals surface area contributed by atoms with Gasteiger partial charge in [-0.3, -0.25) is 0 Å². The first kappa shape index (κ1) is 16.1. The molecule has 112 valence electrons. The molecule has 1 atom stereocenters. The van der Waals surface area contributed by atoms with Gasteiger partial charge in [-0.2, -0.15) is 0 Å². The van der Waals surface area contributed by atoms with Crippen molar-refractivity contribution in [3.63, 3.8) is 0 Å². The van der Waals surface area contributed by atoms with Gasteiger partial charge in [0.1, 0.15) is 5.82 Å². The number of rotatable bonds is 6. The molecule has 0 heterocycles. The second-order valence-electron chi connectivity index (χ2n) is 4.87. The topological polar surface area (TPSA) is 21.3 Å². The van der Waals surface area contributed by atoms with Crippen molar-refractivity contribution in [2.45, 2.75) is 12.5 Å². The Bertz CT molecular complexity index is 586. The van der Waals surface area contributed by atoms with Gasteiger partial charge in [0.2, 0.25) is 0 Å². The fraction of sp³-hybridized carbons (Fsp3) is 0.294. The molecule has 4 heteroatoms. The van der Waals surface area contributed by atoms with Crippen LogP contribution in [0.15, 0.2) is 46.9 Å². The van der Waals surface area contributed by atoms with Crippen LogP contribution in [0.5, 0.6) is 0 Å². The summed E-state index contributed by atoms with van der Waals surface area (Å²) in [6, 6.07) is 13.0. The Labute approximate surface area is 133 Å². The number of benzene rings is 2. The van der Waals surface area contributed by atoms with Crippen LogP contribution in [0, 0.1) is 5.82 Å². The molecule has 0 aliphatic rings. The Kier molecular flexibility index (Phi) is 5.91. The van der Waals surface area contributed by atoms with Crippen molar-refractivity contribution in [3.05, 3.63) is 69.4 Å². The minimum atomic E-state index is -0.231. The van der Waals surface area contributed by atoms with Crippen LogP contribution in [0.25, 0.3) is 0 Å². The molecule has 2 aromatic carbocycles. The summed E-state index contributed by atoms with van der Waals surface area (Å²) in [6.07, 6.45) is 0.894. The summed E-state index contributed by atoms with van der Waals surface area (Å²) < 4.78 is 19.5. The number of halogens is 2. The lowest BCUT2D eigenvalue weighted by Crippen LogP contribution is -2.18. The van der Waals surface area contributed by atoms with Crippen LogP contribution in [0.2, 0.25) is 0 Å². The molecule has 0 saturated carbocycles. The molecule has 2 nitrogen and oxygen atoms in total. The first-order chi connectivity index (χ1) is 10.2. The van der Waals surface area contributed by atoms with Gasteiger partial charge in [0, 0.05) is 11.6 Å². The molecule has 0 radical (unpaired) electrons. The SMILES string of the molecule is CNC(c1ccc(CCOC)cc1)c1cc(F)ccc1Br. The molecule has 1 N–H and O–H groups in total. The Morgan fingerprint density at radius 3 is 2.52 bits per heavy atom. The van der Waals surface area contributed by atoms with E-state index >= 15 is 0 Å². The summed E-state index contributed by atoms with van der Waals surface area (Å²) in [7, 11) is 3.58. The molecule has 0 saturated heterocycles. The van der Waals surface area contributed by atoms with Crippen molar-refractivity contribution in [1.29, 1.82) is 0 Å². The average molecular weight is 352 g/mol. The van der Waals surface area contributed by atoms with Crippen LogP contribution in [0.3, 0.4) is 0 Å². The third kappa shape index (κ3) is 4.13. The number of ether oxygens (including phenoxy) is 1. The smallest absolute Gasteiger partial charge is 0.123 e. The van der Waals surface area contributed by atoms with Gasteiger partial charge in [-0.1, -0.05) is 40.2 Å². The van der Waals surface area contributed by atoms with Crippen LogP contribution < -0.4 is 5.32 Å². The lowest BCUT2D eigenvalue weighted by Gasteiger charge is -2.19. The van der Waals surface area contributed by atoms with Gasteiger partial charge in [-0.05, 0) is 48.4 Å². The van der Waals surface area contributed by atoms with E-state index in [0.717, 1.165) is 22.0 Å². The van der Waals surface area contributed by atoms with E-state index in [1.165, 1.54) is 11.6 Å². The Hall–Kier alpha value is -1.23. The van der Waals surface area contributed by atoms with Gasteiger partial charge in [-0.25, -0.2) is 4.39 Å². The van der Waals surface area contributed by atoms with Crippen molar-refractivity contribution in [2.24, 2.45) is 0 Å². The summed E-state index contributed by atoms with van der Waals surface area (Å²) in [5.74, 6) is -0.231. The van der Waals surface area contributed by atoms with Gasteiger partial charge < -0.3 is 10.1 Å². The highest BCUT2D eigenvalue weighted by Crippen LogP contribution is 2.29. The first-order valence-electron chi connectivity index (χ1n) is 6.85. The largest absolute Gasteiger partial charge is 0.384 e. The van der Waals surface area contributed by atoms with Crippen LogP contribution >= 0.6 is 15.9 Å². The Morgan fingerprint density at radius 2 is 1.90 bits per heavy atom. The van der Waals surface area contributed by atoms with Crippen molar-refractivity contribution in [2.75, 3.05) is 20.8 Å². The van der Waals surface area contributed by atoms with Crippen molar-refractivity contribution >= 4 is 15.9 Å². The van der Waals surface area contributed by atoms with Gasteiger partial charge in [0.15, 0.2) is 0 Å². The highest BCUT2D eigenvalue weighted by atomic mass is 79.9. The second kappa shape index (κ2) is 7.69. The zero-order valence-electron chi connectivity index (χ0n) is 12.2. The molecule has 0 aliphatic heterocycles. The van der Waals surface area contributed by atoms with Crippen LogP contribution in [0.1, 0.15) is 22.7 Å². The minimum Gasteiger partial charge on any atom is -0.384 e. The molecule has 0 aliphatic carbocycles. The summed E-state index contributed by atoms with van der Waals surface area (Å²) in [4.78, 5) is 0. The summed E-state index contributed by atoms with van der Waals surface area (Å²) in [5.41, 5.74) is 3.22. The molecule has 0 aromatic heterocycles. The number of hydrogen-bond acceptors (Lipinski definition) is 2. The van der Waals surface area contributed by atoms with Crippen molar-refractivity contribution < 1.29 is 9.13 Å². The molecule has 1 unspecified atom stereocenters. The van der Waals surface area contributed by atoms with Crippen LogP contribution in [-0.4, -0.2) is 20.8 Å². The number of hydrogen-bond donors (Lipinski definition) is 1. The molecular formula is C17H19BrFNO. The maximum absolute atomic E-state index is 13.5. The molecule has 2 aromatic rings. The summed E-state index contributed by atoms with van der Waals surface area (Å²) in [5, 5.41) is 3.24.